The molecule has 0 saturated heterocycles. The lowest BCUT2D eigenvalue weighted by atomic mass is 10.2. The van der Waals surface area contributed by atoms with Gasteiger partial charge in [0.25, 0.3) is 15.0 Å². The fourth-order valence-corrected chi connectivity index (χ4v) is 3.57. The smallest absolute Gasteiger partial charge is 0.270 e. The predicted molar refractivity (Wildman–Crippen MR) is 82.2 cm³/mol. The van der Waals surface area contributed by atoms with E-state index in [1.807, 2.05) is 13.8 Å². The molecule has 1 fully saturated rings. The van der Waals surface area contributed by atoms with E-state index in [4.69, 9.17) is 10.7 Å². The molecule has 0 atom stereocenters. The normalized spacial score (nSPS) is 16.6. The Morgan fingerprint density at radius 1 is 1.38 bits per heavy atom. The van der Waals surface area contributed by atoms with E-state index >= 15 is 0 Å². The number of rotatable bonds is 4. The SMILES string of the molecule is CC(C)n1cc(S(=O)(=O)Cl)cc1C(=O)N(C)C1CCCC1. The van der Waals surface area contributed by atoms with Crippen LogP contribution in [0.3, 0.4) is 0 Å². The number of carbonyl (C=O) groups is 1. The fraction of sp³-hybridized carbons (Fsp3) is 0.643. The molecule has 5 nitrogen and oxygen atoms in total. The van der Waals surface area contributed by atoms with Crippen molar-refractivity contribution < 1.29 is 13.2 Å². The number of aromatic nitrogens is 1. The first kappa shape index (κ1) is 16.4. The molecule has 7 heteroatoms. The van der Waals surface area contributed by atoms with E-state index in [2.05, 4.69) is 0 Å². The Bertz CT molecular complexity index is 631. The molecular formula is C14H21ClN2O3S. The minimum Gasteiger partial charge on any atom is -0.340 e. The van der Waals surface area contributed by atoms with Gasteiger partial charge in [0, 0.05) is 36.0 Å². The predicted octanol–water partition coefficient (Wildman–Crippen LogP) is 3.01. The zero-order chi connectivity index (χ0) is 15.8. The maximum atomic E-state index is 12.7. The molecular weight excluding hydrogens is 312 g/mol. The molecule has 0 N–H and O–H groups in total. The Hall–Kier alpha value is -1.01. The van der Waals surface area contributed by atoms with E-state index in [0.29, 0.717) is 5.69 Å². The van der Waals surface area contributed by atoms with Crippen molar-refractivity contribution in [3.05, 3.63) is 18.0 Å². The van der Waals surface area contributed by atoms with Crippen molar-refractivity contribution in [3.63, 3.8) is 0 Å². The summed E-state index contributed by atoms with van der Waals surface area (Å²) >= 11 is 0. The Kier molecular flexibility index (Phi) is 4.68. The van der Waals surface area contributed by atoms with Gasteiger partial charge in [0.1, 0.15) is 10.6 Å². The third-order valence-electron chi connectivity index (χ3n) is 4.07. The molecule has 1 amide bonds. The van der Waals surface area contributed by atoms with Crippen LogP contribution in [-0.2, 0) is 9.05 Å². The quantitative estimate of drug-likeness (QED) is 0.796. The molecule has 1 aromatic rings. The lowest BCUT2D eigenvalue weighted by Crippen LogP contribution is -2.36. The summed E-state index contributed by atoms with van der Waals surface area (Å²) < 4.78 is 24.7. The number of hydrogen-bond acceptors (Lipinski definition) is 3. The molecule has 0 radical (unpaired) electrons. The van der Waals surface area contributed by atoms with Gasteiger partial charge >= 0.3 is 0 Å². The van der Waals surface area contributed by atoms with Crippen LogP contribution < -0.4 is 0 Å². The van der Waals surface area contributed by atoms with Gasteiger partial charge in [0.2, 0.25) is 0 Å². The molecule has 0 aromatic carbocycles. The van der Waals surface area contributed by atoms with Gasteiger partial charge in [0.05, 0.1) is 0 Å². The minimum atomic E-state index is -3.84. The van der Waals surface area contributed by atoms with E-state index in [9.17, 15) is 13.2 Å². The summed E-state index contributed by atoms with van der Waals surface area (Å²) in [5.74, 6) is -0.151. The first-order valence-corrected chi connectivity index (χ1v) is 9.46. The lowest BCUT2D eigenvalue weighted by molar-refractivity contribution is 0.0722. The van der Waals surface area contributed by atoms with Crippen molar-refractivity contribution in [2.75, 3.05) is 7.05 Å². The van der Waals surface area contributed by atoms with E-state index < -0.39 is 9.05 Å². The van der Waals surface area contributed by atoms with E-state index in [0.717, 1.165) is 25.7 Å². The van der Waals surface area contributed by atoms with Crippen LogP contribution in [0.15, 0.2) is 17.2 Å². The largest absolute Gasteiger partial charge is 0.340 e. The third kappa shape index (κ3) is 3.43. The van der Waals surface area contributed by atoms with Crippen molar-refractivity contribution in [1.82, 2.24) is 9.47 Å². The number of nitrogens with zero attached hydrogens (tertiary/aromatic N) is 2. The van der Waals surface area contributed by atoms with Gasteiger partial charge in [-0.25, -0.2) is 8.42 Å². The molecule has 0 unspecified atom stereocenters. The Labute approximate surface area is 130 Å². The first-order chi connectivity index (χ1) is 9.71. The molecule has 0 spiro atoms. The second kappa shape index (κ2) is 6.01. The van der Waals surface area contributed by atoms with Crippen LogP contribution in [0, 0.1) is 0 Å². The van der Waals surface area contributed by atoms with Crippen LogP contribution in [0.1, 0.15) is 56.1 Å². The van der Waals surface area contributed by atoms with E-state index in [1.165, 1.54) is 12.3 Å². The second-order valence-corrected chi connectivity index (χ2v) is 8.42. The Balaban J connectivity index is 2.37. The van der Waals surface area contributed by atoms with E-state index in [-0.39, 0.29) is 22.9 Å². The summed E-state index contributed by atoms with van der Waals surface area (Å²) in [7, 11) is 3.34. The van der Waals surface area contributed by atoms with Crippen molar-refractivity contribution >= 4 is 25.6 Å². The Morgan fingerprint density at radius 3 is 2.43 bits per heavy atom. The van der Waals surface area contributed by atoms with Gasteiger partial charge in [-0.3, -0.25) is 4.79 Å². The highest BCUT2D eigenvalue weighted by molar-refractivity contribution is 8.13. The standard InChI is InChI=1S/C14H21ClN2O3S/c1-10(2)17-9-12(21(15,19)20)8-13(17)14(18)16(3)11-6-4-5-7-11/h8-11H,4-7H2,1-3H3. The summed E-state index contributed by atoms with van der Waals surface area (Å²) in [6.07, 6.45) is 5.71. The zero-order valence-corrected chi connectivity index (χ0v) is 14.1. The van der Waals surface area contributed by atoms with Crippen LogP contribution in [0.5, 0.6) is 0 Å². The molecule has 118 valence electrons. The summed E-state index contributed by atoms with van der Waals surface area (Å²) in [5.41, 5.74) is 0.374. The summed E-state index contributed by atoms with van der Waals surface area (Å²) in [6.45, 7) is 3.80. The molecule has 1 aromatic heterocycles. The van der Waals surface area contributed by atoms with Gasteiger partial charge in [0.15, 0.2) is 0 Å². The molecule has 1 saturated carbocycles. The number of halogens is 1. The van der Waals surface area contributed by atoms with Gasteiger partial charge < -0.3 is 9.47 Å². The number of amides is 1. The number of carbonyl (C=O) groups excluding carboxylic acids is 1. The first-order valence-electron chi connectivity index (χ1n) is 7.15. The highest BCUT2D eigenvalue weighted by Gasteiger charge is 2.28. The monoisotopic (exact) mass is 332 g/mol. The van der Waals surface area contributed by atoms with Gasteiger partial charge in [-0.2, -0.15) is 0 Å². The minimum absolute atomic E-state index is 0.0203. The molecule has 1 aliphatic carbocycles. The van der Waals surface area contributed by atoms with Crippen molar-refractivity contribution in [3.8, 4) is 0 Å². The van der Waals surface area contributed by atoms with E-state index in [1.54, 1.807) is 16.5 Å². The molecule has 0 bridgehead atoms. The fourth-order valence-electron chi connectivity index (χ4n) is 2.82. The topological polar surface area (TPSA) is 59.4 Å². The summed E-state index contributed by atoms with van der Waals surface area (Å²) in [6, 6.07) is 1.59. The van der Waals surface area contributed by atoms with Crippen LogP contribution in [0.2, 0.25) is 0 Å². The maximum absolute atomic E-state index is 12.7. The average Bonchev–Trinajstić information content (AvgIpc) is 3.04. The molecule has 1 aliphatic rings. The Morgan fingerprint density at radius 2 is 1.95 bits per heavy atom. The highest BCUT2D eigenvalue weighted by atomic mass is 35.7. The van der Waals surface area contributed by atoms with Crippen LogP contribution in [-0.4, -0.2) is 36.9 Å². The third-order valence-corrected chi connectivity index (χ3v) is 5.39. The second-order valence-electron chi connectivity index (χ2n) is 5.85. The van der Waals surface area contributed by atoms with Crippen molar-refractivity contribution in [1.29, 1.82) is 0 Å². The number of hydrogen-bond donors (Lipinski definition) is 0. The van der Waals surface area contributed by atoms with Crippen LogP contribution in [0.4, 0.5) is 0 Å². The lowest BCUT2D eigenvalue weighted by Gasteiger charge is -2.25. The van der Waals surface area contributed by atoms with Gasteiger partial charge in [-0.05, 0) is 32.8 Å². The highest BCUT2D eigenvalue weighted by Crippen LogP contribution is 2.26. The molecule has 2 rings (SSSR count). The maximum Gasteiger partial charge on any atom is 0.270 e. The molecule has 21 heavy (non-hydrogen) atoms. The molecule has 1 heterocycles. The summed E-state index contributed by atoms with van der Waals surface area (Å²) in [5, 5.41) is 0. The van der Waals surface area contributed by atoms with Gasteiger partial charge in [-0.1, -0.05) is 12.8 Å². The van der Waals surface area contributed by atoms with Crippen LogP contribution >= 0.6 is 10.7 Å². The molecule has 0 aliphatic heterocycles. The van der Waals surface area contributed by atoms with Crippen molar-refractivity contribution in [2.45, 2.75) is 56.5 Å². The summed E-state index contributed by atoms with van der Waals surface area (Å²) in [4.78, 5) is 14.4. The average molecular weight is 333 g/mol. The van der Waals surface area contributed by atoms with Crippen molar-refractivity contribution in [2.24, 2.45) is 0 Å². The van der Waals surface area contributed by atoms with Crippen LogP contribution in [0.25, 0.3) is 0 Å². The zero-order valence-electron chi connectivity index (χ0n) is 12.5. The van der Waals surface area contributed by atoms with Gasteiger partial charge in [-0.15, -0.1) is 0 Å².